The highest BCUT2D eigenvalue weighted by Crippen LogP contribution is 2.08. The Bertz CT molecular complexity index is 718. The molecule has 0 atom stereocenters. The van der Waals surface area contributed by atoms with E-state index in [0.717, 1.165) is 17.7 Å². The van der Waals surface area contributed by atoms with Crippen LogP contribution in [0.5, 0.6) is 0 Å². The molecular formula is C16H15F2N3O2. The zero-order valence-electron chi connectivity index (χ0n) is 12.4. The number of carbonyl (C=O) groups is 2. The van der Waals surface area contributed by atoms with Crippen LogP contribution < -0.4 is 10.6 Å². The first-order chi connectivity index (χ1) is 11.0. The molecule has 2 rings (SSSR count). The van der Waals surface area contributed by atoms with Gasteiger partial charge >= 0.3 is 0 Å². The quantitative estimate of drug-likeness (QED) is 0.889. The lowest BCUT2D eigenvalue weighted by Crippen LogP contribution is -2.27. The van der Waals surface area contributed by atoms with E-state index in [-0.39, 0.29) is 24.4 Å². The summed E-state index contributed by atoms with van der Waals surface area (Å²) in [6.07, 6.45) is 1.66. The molecule has 5 nitrogen and oxygen atoms in total. The van der Waals surface area contributed by atoms with Gasteiger partial charge in [-0.1, -0.05) is 6.07 Å². The molecule has 0 saturated carbocycles. The lowest BCUT2D eigenvalue weighted by Gasteiger charge is -2.07. The summed E-state index contributed by atoms with van der Waals surface area (Å²) in [5.41, 5.74) is 0.964. The third-order valence-electron chi connectivity index (χ3n) is 3.00. The van der Waals surface area contributed by atoms with Gasteiger partial charge in [0.2, 0.25) is 5.91 Å². The molecule has 0 aliphatic heterocycles. The Balaban J connectivity index is 1.79. The highest BCUT2D eigenvalue weighted by molar-refractivity contribution is 5.95. The minimum absolute atomic E-state index is 0.00971. The maximum Gasteiger partial charge on any atom is 0.251 e. The smallest absolute Gasteiger partial charge is 0.251 e. The van der Waals surface area contributed by atoms with Gasteiger partial charge < -0.3 is 10.6 Å². The summed E-state index contributed by atoms with van der Waals surface area (Å²) in [4.78, 5) is 27.5. The van der Waals surface area contributed by atoms with E-state index in [1.54, 1.807) is 12.3 Å². The van der Waals surface area contributed by atoms with Crippen molar-refractivity contribution in [3.05, 3.63) is 59.3 Å². The van der Waals surface area contributed by atoms with Gasteiger partial charge in [-0.3, -0.25) is 9.59 Å². The molecule has 1 aromatic heterocycles. The van der Waals surface area contributed by atoms with Crippen molar-refractivity contribution in [2.75, 3.05) is 11.9 Å². The molecule has 0 unspecified atom stereocenters. The average molecular weight is 319 g/mol. The highest BCUT2D eigenvalue weighted by Gasteiger charge is 2.10. The second-order valence-corrected chi connectivity index (χ2v) is 4.90. The molecule has 2 amide bonds. The average Bonchev–Trinajstić information content (AvgIpc) is 2.52. The molecule has 120 valence electrons. The minimum atomic E-state index is -1.10. The Hall–Kier alpha value is -2.83. The first-order valence-electron chi connectivity index (χ1n) is 6.91. The number of nitrogens with one attached hydrogen (secondary N) is 2. The molecule has 2 aromatic rings. The number of hydrogen-bond acceptors (Lipinski definition) is 3. The lowest BCUT2D eigenvalue weighted by atomic mass is 10.2. The number of pyridine rings is 1. The van der Waals surface area contributed by atoms with Crippen molar-refractivity contribution in [1.29, 1.82) is 0 Å². The van der Waals surface area contributed by atoms with E-state index in [4.69, 9.17) is 0 Å². The number of hydrogen-bond donors (Lipinski definition) is 2. The van der Waals surface area contributed by atoms with Crippen molar-refractivity contribution < 1.29 is 18.4 Å². The Kier molecular flexibility index (Phi) is 5.35. The van der Waals surface area contributed by atoms with Gasteiger partial charge in [0.1, 0.15) is 5.82 Å². The van der Waals surface area contributed by atoms with Gasteiger partial charge in [-0.15, -0.1) is 0 Å². The lowest BCUT2D eigenvalue weighted by molar-refractivity contribution is -0.116. The molecule has 0 bridgehead atoms. The van der Waals surface area contributed by atoms with Crippen LogP contribution in [0.15, 0.2) is 36.5 Å². The van der Waals surface area contributed by atoms with Crippen LogP contribution in [-0.2, 0) is 4.79 Å². The van der Waals surface area contributed by atoms with E-state index in [0.29, 0.717) is 5.82 Å². The Morgan fingerprint density at radius 1 is 1.13 bits per heavy atom. The van der Waals surface area contributed by atoms with Crippen LogP contribution in [0.3, 0.4) is 0 Å². The van der Waals surface area contributed by atoms with Crippen molar-refractivity contribution in [2.24, 2.45) is 0 Å². The van der Waals surface area contributed by atoms with Crippen LogP contribution in [0.1, 0.15) is 22.3 Å². The molecule has 1 aromatic carbocycles. The first kappa shape index (κ1) is 16.5. The Labute approximate surface area is 131 Å². The number of nitrogens with zero attached hydrogens (tertiary/aromatic N) is 1. The molecule has 1 heterocycles. The van der Waals surface area contributed by atoms with E-state index in [2.05, 4.69) is 15.6 Å². The number of anilines is 1. The van der Waals surface area contributed by atoms with Crippen molar-refractivity contribution in [3.8, 4) is 0 Å². The largest absolute Gasteiger partial charge is 0.352 e. The molecule has 0 saturated heterocycles. The maximum atomic E-state index is 13.0. The van der Waals surface area contributed by atoms with E-state index in [9.17, 15) is 18.4 Å². The van der Waals surface area contributed by atoms with Crippen LogP contribution in [0, 0.1) is 18.6 Å². The van der Waals surface area contributed by atoms with Crippen molar-refractivity contribution in [3.63, 3.8) is 0 Å². The van der Waals surface area contributed by atoms with Gasteiger partial charge in [0.15, 0.2) is 11.6 Å². The summed E-state index contributed by atoms with van der Waals surface area (Å²) >= 11 is 0. The third kappa shape index (κ3) is 4.84. The molecular weight excluding hydrogens is 304 g/mol. The predicted octanol–water partition coefficient (Wildman–Crippen LogP) is 2.43. The number of carbonyl (C=O) groups excluding carboxylic acids is 2. The first-order valence-corrected chi connectivity index (χ1v) is 6.91. The van der Waals surface area contributed by atoms with Gasteiger partial charge in [0.05, 0.1) is 0 Å². The summed E-state index contributed by atoms with van der Waals surface area (Å²) in [7, 11) is 0. The summed E-state index contributed by atoms with van der Waals surface area (Å²) in [5, 5.41) is 5.05. The fourth-order valence-corrected chi connectivity index (χ4v) is 1.78. The highest BCUT2D eigenvalue weighted by atomic mass is 19.2. The third-order valence-corrected chi connectivity index (χ3v) is 3.00. The van der Waals surface area contributed by atoms with Gasteiger partial charge in [-0.05, 0) is 36.8 Å². The summed E-state index contributed by atoms with van der Waals surface area (Å²) in [5.74, 6) is -2.59. The summed E-state index contributed by atoms with van der Waals surface area (Å²) < 4.78 is 25.8. The van der Waals surface area contributed by atoms with Gasteiger partial charge in [0, 0.05) is 24.7 Å². The molecule has 23 heavy (non-hydrogen) atoms. The van der Waals surface area contributed by atoms with Crippen molar-refractivity contribution in [1.82, 2.24) is 10.3 Å². The SMILES string of the molecule is Cc1ccc(NC(=O)CCNC(=O)c2ccc(F)c(F)c2)nc1. The van der Waals surface area contributed by atoms with Crippen LogP contribution in [0.2, 0.25) is 0 Å². The van der Waals surface area contributed by atoms with Gasteiger partial charge in [-0.25, -0.2) is 13.8 Å². The predicted molar refractivity (Wildman–Crippen MR) is 80.9 cm³/mol. The second-order valence-electron chi connectivity index (χ2n) is 4.90. The molecule has 2 N–H and O–H groups in total. The zero-order valence-corrected chi connectivity index (χ0v) is 12.4. The second kappa shape index (κ2) is 7.44. The molecule has 0 fully saturated rings. The van der Waals surface area contributed by atoms with Crippen LogP contribution in [0.25, 0.3) is 0 Å². The molecule has 0 spiro atoms. The summed E-state index contributed by atoms with van der Waals surface area (Å²) in [6, 6.07) is 6.34. The molecule has 0 radical (unpaired) electrons. The number of halogens is 2. The Morgan fingerprint density at radius 2 is 1.91 bits per heavy atom. The van der Waals surface area contributed by atoms with Gasteiger partial charge in [0.25, 0.3) is 5.91 Å². The van der Waals surface area contributed by atoms with Crippen LogP contribution in [-0.4, -0.2) is 23.3 Å². The van der Waals surface area contributed by atoms with Crippen molar-refractivity contribution in [2.45, 2.75) is 13.3 Å². The number of rotatable bonds is 5. The fourth-order valence-electron chi connectivity index (χ4n) is 1.78. The monoisotopic (exact) mass is 319 g/mol. The van der Waals surface area contributed by atoms with Crippen molar-refractivity contribution >= 4 is 17.6 Å². The zero-order chi connectivity index (χ0) is 16.8. The minimum Gasteiger partial charge on any atom is -0.352 e. The topological polar surface area (TPSA) is 71.1 Å². The molecule has 0 aliphatic carbocycles. The number of benzene rings is 1. The molecule has 0 aliphatic rings. The maximum absolute atomic E-state index is 13.0. The number of aromatic nitrogens is 1. The number of amides is 2. The fraction of sp³-hybridized carbons (Fsp3) is 0.188. The van der Waals surface area contributed by atoms with E-state index in [1.807, 2.05) is 13.0 Å². The van der Waals surface area contributed by atoms with Crippen LogP contribution >= 0.6 is 0 Å². The standard InChI is InChI=1S/C16H15F2N3O2/c1-10-2-5-14(20-9-10)21-15(22)6-7-19-16(23)11-3-4-12(17)13(18)8-11/h2-5,8-9H,6-7H2,1H3,(H,19,23)(H,20,21,22). The van der Waals surface area contributed by atoms with Gasteiger partial charge in [-0.2, -0.15) is 0 Å². The van der Waals surface area contributed by atoms with E-state index in [1.165, 1.54) is 6.07 Å². The normalized spacial score (nSPS) is 10.2. The van der Waals surface area contributed by atoms with E-state index < -0.39 is 17.5 Å². The molecule has 7 heteroatoms. The van der Waals surface area contributed by atoms with E-state index >= 15 is 0 Å². The summed E-state index contributed by atoms with van der Waals surface area (Å²) in [6.45, 7) is 1.95. The van der Waals surface area contributed by atoms with Crippen LogP contribution in [0.4, 0.5) is 14.6 Å². The Morgan fingerprint density at radius 3 is 2.57 bits per heavy atom. The number of aryl methyl sites for hydroxylation is 1.